The van der Waals surface area contributed by atoms with Gasteiger partial charge in [-0.2, -0.15) is 5.10 Å². The van der Waals surface area contributed by atoms with Crippen LogP contribution in [0.4, 0.5) is 4.39 Å². The number of hydrogen-bond acceptors (Lipinski definition) is 2. The minimum Gasteiger partial charge on any atom is -0.348 e. The molecule has 2 unspecified atom stereocenters. The molecule has 0 saturated heterocycles. The first-order valence-electron chi connectivity index (χ1n) is 9.90. The maximum Gasteiger partial charge on any atom is 0.272 e. The molecule has 5 heteroatoms. The quantitative estimate of drug-likeness (QED) is 0.887. The van der Waals surface area contributed by atoms with Crippen molar-refractivity contribution in [2.24, 2.45) is 0 Å². The van der Waals surface area contributed by atoms with E-state index in [9.17, 15) is 9.18 Å². The van der Waals surface area contributed by atoms with Gasteiger partial charge in [0.1, 0.15) is 5.82 Å². The van der Waals surface area contributed by atoms with Gasteiger partial charge >= 0.3 is 0 Å². The Bertz CT molecular complexity index is 836. The second-order valence-electron chi connectivity index (χ2n) is 8.05. The van der Waals surface area contributed by atoms with Crippen LogP contribution >= 0.6 is 0 Å². The lowest BCUT2D eigenvalue weighted by Crippen LogP contribution is -2.36. The molecule has 2 bridgehead atoms. The Morgan fingerprint density at radius 1 is 1.04 bits per heavy atom. The number of nitrogens with zero attached hydrogens (tertiary/aromatic N) is 2. The van der Waals surface area contributed by atoms with Crippen LogP contribution in [0.15, 0.2) is 24.3 Å². The number of aromatic nitrogens is 2. The van der Waals surface area contributed by atoms with Crippen molar-refractivity contribution < 1.29 is 9.18 Å². The number of fused-ring (bicyclic) bond motifs is 5. The number of carbonyl (C=O) groups is 1. The first-order chi connectivity index (χ1) is 12.7. The van der Waals surface area contributed by atoms with Crippen LogP contribution in [0.1, 0.15) is 84.9 Å². The van der Waals surface area contributed by atoms with Crippen LogP contribution in [0.2, 0.25) is 0 Å². The molecule has 0 radical (unpaired) electrons. The summed E-state index contributed by atoms with van der Waals surface area (Å²) in [6.07, 6.45) is 9.22. The van der Waals surface area contributed by atoms with Gasteiger partial charge in [0, 0.05) is 17.5 Å². The molecule has 3 aliphatic carbocycles. The van der Waals surface area contributed by atoms with Gasteiger partial charge in [-0.15, -0.1) is 0 Å². The Hall–Kier alpha value is -2.17. The fourth-order valence-electron chi connectivity index (χ4n) is 5.18. The van der Waals surface area contributed by atoms with Gasteiger partial charge in [-0.3, -0.25) is 4.79 Å². The highest BCUT2D eigenvalue weighted by atomic mass is 19.1. The van der Waals surface area contributed by atoms with Crippen molar-refractivity contribution in [1.82, 2.24) is 15.1 Å². The van der Waals surface area contributed by atoms with Crippen LogP contribution in [-0.4, -0.2) is 21.7 Å². The van der Waals surface area contributed by atoms with Gasteiger partial charge in [0.25, 0.3) is 5.91 Å². The van der Waals surface area contributed by atoms with Crippen LogP contribution in [0.25, 0.3) is 5.69 Å². The van der Waals surface area contributed by atoms with Crippen LogP contribution < -0.4 is 5.32 Å². The van der Waals surface area contributed by atoms with Crippen molar-refractivity contribution in [2.75, 3.05) is 0 Å². The molecular formula is C21H24FN3O. The molecule has 2 fully saturated rings. The zero-order valence-corrected chi connectivity index (χ0v) is 14.9. The molecule has 1 N–H and O–H groups in total. The van der Waals surface area contributed by atoms with Gasteiger partial charge in [0.05, 0.1) is 11.4 Å². The monoisotopic (exact) mass is 353 g/mol. The molecule has 2 atom stereocenters. The number of carbonyl (C=O) groups excluding carboxylic acids is 1. The Labute approximate surface area is 152 Å². The lowest BCUT2D eigenvalue weighted by atomic mass is 9.93. The van der Waals surface area contributed by atoms with Gasteiger partial charge < -0.3 is 5.32 Å². The van der Waals surface area contributed by atoms with Gasteiger partial charge in [0.2, 0.25) is 0 Å². The average Bonchev–Trinajstić information content (AvgIpc) is 3.36. The number of amides is 1. The molecule has 3 aliphatic rings. The van der Waals surface area contributed by atoms with Crippen molar-refractivity contribution in [1.29, 1.82) is 0 Å². The van der Waals surface area contributed by atoms with E-state index in [0.29, 0.717) is 17.5 Å². The molecule has 1 amide bonds. The van der Waals surface area contributed by atoms with Crippen LogP contribution in [-0.2, 0) is 0 Å². The number of nitrogens with one attached hydrogen (secondary N) is 1. The SMILES string of the molecule is O=C(NC1CCCCC1)c1nn(-c2ccc(F)cc2)c2c1C1CCC2C1. The largest absolute Gasteiger partial charge is 0.348 e. The Morgan fingerprint density at radius 2 is 1.77 bits per heavy atom. The lowest BCUT2D eigenvalue weighted by Gasteiger charge is -2.22. The first kappa shape index (κ1) is 16.0. The third-order valence-electron chi connectivity index (χ3n) is 6.41. The molecule has 1 aromatic heterocycles. The zero-order valence-electron chi connectivity index (χ0n) is 14.9. The molecule has 26 heavy (non-hydrogen) atoms. The van der Waals surface area contributed by atoms with Crippen LogP contribution in [0.5, 0.6) is 0 Å². The lowest BCUT2D eigenvalue weighted by molar-refractivity contribution is 0.0921. The third kappa shape index (κ3) is 2.56. The first-order valence-corrected chi connectivity index (χ1v) is 9.90. The molecular weight excluding hydrogens is 329 g/mol. The van der Waals surface area contributed by atoms with Crippen molar-refractivity contribution in [2.45, 2.75) is 69.2 Å². The van der Waals surface area contributed by atoms with Gasteiger partial charge in [-0.05, 0) is 62.3 Å². The Kier molecular flexibility index (Phi) is 3.84. The second kappa shape index (κ2) is 6.22. The topological polar surface area (TPSA) is 46.9 Å². The van der Waals surface area contributed by atoms with Crippen LogP contribution in [0.3, 0.4) is 0 Å². The van der Waals surface area contributed by atoms with Gasteiger partial charge in [-0.1, -0.05) is 19.3 Å². The predicted molar refractivity (Wildman–Crippen MR) is 97.2 cm³/mol. The van der Waals surface area contributed by atoms with Crippen molar-refractivity contribution >= 4 is 5.91 Å². The van der Waals surface area contributed by atoms with Crippen LogP contribution in [0, 0.1) is 5.82 Å². The molecule has 1 aromatic carbocycles. The molecule has 0 aliphatic heterocycles. The maximum atomic E-state index is 13.3. The second-order valence-corrected chi connectivity index (χ2v) is 8.05. The van der Waals surface area contributed by atoms with Crippen molar-refractivity contribution in [3.05, 3.63) is 47.0 Å². The molecule has 5 rings (SSSR count). The summed E-state index contributed by atoms with van der Waals surface area (Å²) in [5.41, 5.74) is 3.77. The molecule has 2 aromatic rings. The minimum atomic E-state index is -0.255. The van der Waals surface area contributed by atoms with Gasteiger partial charge in [-0.25, -0.2) is 9.07 Å². The number of halogens is 1. The standard InChI is InChI=1S/C21H24FN3O/c22-15-8-10-17(11-9-15)25-20-14-7-6-13(12-14)18(20)19(24-25)21(26)23-16-4-2-1-3-5-16/h8-11,13-14,16H,1-7,12H2,(H,23,26). The van der Waals surface area contributed by atoms with E-state index >= 15 is 0 Å². The molecule has 136 valence electrons. The smallest absolute Gasteiger partial charge is 0.272 e. The minimum absolute atomic E-state index is 0.0263. The predicted octanol–water partition coefficient (Wildman–Crippen LogP) is 4.44. The Balaban J connectivity index is 1.52. The van der Waals surface area contributed by atoms with E-state index in [2.05, 4.69) is 5.32 Å². The van der Waals surface area contributed by atoms with E-state index in [1.165, 1.54) is 37.1 Å². The third-order valence-corrected chi connectivity index (χ3v) is 6.41. The van der Waals surface area contributed by atoms with E-state index in [4.69, 9.17) is 5.10 Å². The fraction of sp³-hybridized carbons (Fsp3) is 0.524. The number of hydrogen-bond donors (Lipinski definition) is 1. The Morgan fingerprint density at radius 3 is 2.54 bits per heavy atom. The molecule has 4 nitrogen and oxygen atoms in total. The average molecular weight is 353 g/mol. The summed E-state index contributed by atoms with van der Waals surface area (Å²) in [6, 6.07) is 6.69. The van der Waals surface area contributed by atoms with Crippen molar-refractivity contribution in [3.63, 3.8) is 0 Å². The molecule has 0 spiro atoms. The van der Waals surface area contributed by atoms with E-state index in [0.717, 1.165) is 43.4 Å². The highest BCUT2D eigenvalue weighted by molar-refractivity contribution is 5.95. The van der Waals surface area contributed by atoms with Gasteiger partial charge in [0.15, 0.2) is 5.69 Å². The highest BCUT2D eigenvalue weighted by Crippen LogP contribution is 2.54. The summed E-state index contributed by atoms with van der Waals surface area (Å²) in [5, 5.41) is 7.94. The van der Waals surface area contributed by atoms with E-state index in [1.807, 2.05) is 4.68 Å². The highest BCUT2D eigenvalue weighted by Gasteiger charge is 2.44. The maximum absolute atomic E-state index is 13.3. The molecule has 1 heterocycles. The zero-order chi connectivity index (χ0) is 17.7. The van der Waals surface area contributed by atoms with E-state index in [-0.39, 0.29) is 17.8 Å². The normalized spacial score (nSPS) is 24.7. The molecule has 2 saturated carbocycles. The summed E-state index contributed by atoms with van der Waals surface area (Å²) in [7, 11) is 0. The van der Waals surface area contributed by atoms with E-state index in [1.54, 1.807) is 12.1 Å². The fourth-order valence-corrected chi connectivity index (χ4v) is 5.18. The number of rotatable bonds is 3. The summed E-state index contributed by atoms with van der Waals surface area (Å²) < 4.78 is 15.2. The summed E-state index contributed by atoms with van der Waals surface area (Å²) >= 11 is 0. The van der Waals surface area contributed by atoms with Crippen molar-refractivity contribution in [3.8, 4) is 5.69 Å². The van der Waals surface area contributed by atoms with E-state index < -0.39 is 0 Å². The number of benzene rings is 1. The summed E-state index contributed by atoms with van der Waals surface area (Å²) in [4.78, 5) is 13.0. The summed E-state index contributed by atoms with van der Waals surface area (Å²) in [6.45, 7) is 0. The summed E-state index contributed by atoms with van der Waals surface area (Å²) in [5.74, 6) is 0.649.